The summed E-state index contributed by atoms with van der Waals surface area (Å²) >= 11 is 0. The lowest BCUT2D eigenvalue weighted by atomic mass is 9.72. The van der Waals surface area contributed by atoms with Crippen molar-refractivity contribution in [3.63, 3.8) is 0 Å². The lowest BCUT2D eigenvalue weighted by Gasteiger charge is -2.44. The molecule has 0 aromatic heterocycles. The zero-order valence-electron chi connectivity index (χ0n) is 12.4. The minimum Gasteiger partial charge on any atom is -0.0623 e. The Morgan fingerprint density at radius 1 is 0.750 bits per heavy atom. The molecule has 0 nitrogen and oxygen atoms in total. The van der Waals surface area contributed by atoms with Gasteiger partial charge in [0.25, 0.3) is 0 Å². The molecule has 0 bridgehead atoms. The summed E-state index contributed by atoms with van der Waals surface area (Å²) in [6.45, 7) is 5.04. The van der Waals surface area contributed by atoms with Crippen molar-refractivity contribution in [3.05, 3.63) is 59.7 Å². The Labute approximate surface area is 122 Å². The molecule has 4 rings (SSSR count). The smallest absolute Gasteiger partial charge is 0.0623 e. The maximum atomic E-state index is 2.52. The minimum absolute atomic E-state index is 0.329. The third kappa shape index (κ3) is 1.42. The molecule has 0 N–H and O–H groups in total. The highest BCUT2D eigenvalue weighted by Gasteiger charge is 2.48. The minimum atomic E-state index is -1.53. The second-order valence-electron chi connectivity index (χ2n) is 7.01. The molecule has 0 atom stereocenters. The molecule has 2 aliphatic rings. The van der Waals surface area contributed by atoms with Crippen LogP contribution in [0.25, 0.3) is 0 Å². The van der Waals surface area contributed by atoms with E-state index in [0.29, 0.717) is 5.41 Å². The first kappa shape index (κ1) is 12.4. The third-order valence-electron chi connectivity index (χ3n) is 5.69. The maximum absolute atomic E-state index is 2.52. The van der Waals surface area contributed by atoms with Crippen molar-refractivity contribution in [2.45, 2.75) is 44.2 Å². The molecule has 1 heteroatoms. The fraction of sp³-hybridized carbons (Fsp3) is 0.368. The van der Waals surface area contributed by atoms with Crippen LogP contribution in [-0.2, 0) is 5.41 Å². The monoisotopic (exact) mass is 278 g/mol. The van der Waals surface area contributed by atoms with Crippen molar-refractivity contribution in [3.8, 4) is 0 Å². The van der Waals surface area contributed by atoms with Gasteiger partial charge < -0.3 is 0 Å². The molecule has 1 aliphatic heterocycles. The Morgan fingerprint density at radius 2 is 1.20 bits per heavy atom. The number of rotatable bonds is 0. The van der Waals surface area contributed by atoms with Gasteiger partial charge in [-0.2, -0.15) is 0 Å². The highest BCUT2D eigenvalue weighted by molar-refractivity contribution is 7.01. The first-order chi connectivity index (χ1) is 9.66. The third-order valence-corrected chi connectivity index (χ3v) is 9.25. The molecule has 1 fully saturated rings. The van der Waals surface area contributed by atoms with Crippen molar-refractivity contribution in [2.24, 2.45) is 0 Å². The van der Waals surface area contributed by atoms with Gasteiger partial charge in [-0.1, -0.05) is 84.8 Å². The molecule has 1 heterocycles. The summed E-state index contributed by atoms with van der Waals surface area (Å²) in [5.41, 5.74) is 3.65. The maximum Gasteiger partial charge on any atom is 0.113 e. The van der Waals surface area contributed by atoms with E-state index in [-0.39, 0.29) is 0 Å². The van der Waals surface area contributed by atoms with E-state index in [4.69, 9.17) is 0 Å². The van der Waals surface area contributed by atoms with Gasteiger partial charge in [-0.05, 0) is 24.0 Å². The van der Waals surface area contributed by atoms with E-state index in [0.717, 1.165) is 0 Å². The molecule has 1 spiro atoms. The Balaban J connectivity index is 2.10. The molecule has 1 aliphatic carbocycles. The molecule has 0 amide bonds. The van der Waals surface area contributed by atoms with E-state index >= 15 is 0 Å². The number of fused-ring (bicyclic) bond motifs is 4. The second kappa shape index (κ2) is 4.08. The Bertz CT molecular complexity index is 611. The van der Waals surface area contributed by atoms with E-state index in [1.807, 2.05) is 0 Å². The van der Waals surface area contributed by atoms with Crippen molar-refractivity contribution in [2.75, 3.05) is 0 Å². The van der Waals surface area contributed by atoms with Crippen LogP contribution in [0.2, 0.25) is 13.1 Å². The first-order valence-corrected chi connectivity index (χ1v) is 10.9. The van der Waals surface area contributed by atoms with Crippen molar-refractivity contribution < 1.29 is 0 Å². The first-order valence-electron chi connectivity index (χ1n) is 7.86. The molecule has 0 unspecified atom stereocenters. The van der Waals surface area contributed by atoms with Gasteiger partial charge in [0, 0.05) is 5.41 Å². The van der Waals surface area contributed by atoms with Gasteiger partial charge in [-0.25, -0.2) is 0 Å². The van der Waals surface area contributed by atoms with Crippen molar-refractivity contribution >= 4 is 18.4 Å². The van der Waals surface area contributed by atoms with Crippen LogP contribution in [0, 0.1) is 0 Å². The van der Waals surface area contributed by atoms with E-state index < -0.39 is 8.07 Å². The second-order valence-corrected chi connectivity index (χ2v) is 11.3. The molecular formula is C19H22Si. The molecule has 2 aromatic rings. The summed E-state index contributed by atoms with van der Waals surface area (Å²) in [5.74, 6) is 0. The molecule has 2 aromatic carbocycles. The van der Waals surface area contributed by atoms with E-state index in [1.165, 1.54) is 25.7 Å². The predicted octanol–water partition coefficient (Wildman–Crippen LogP) is 3.68. The van der Waals surface area contributed by atoms with Crippen LogP contribution in [0.5, 0.6) is 0 Å². The molecule has 0 radical (unpaired) electrons. The summed E-state index contributed by atoms with van der Waals surface area (Å²) in [7, 11) is -1.53. The molecule has 20 heavy (non-hydrogen) atoms. The molecular weight excluding hydrogens is 256 g/mol. The Hall–Kier alpha value is -1.34. The largest absolute Gasteiger partial charge is 0.113 e. The lowest BCUT2D eigenvalue weighted by molar-refractivity contribution is 0.538. The lowest BCUT2D eigenvalue weighted by Crippen LogP contribution is -2.62. The van der Waals surface area contributed by atoms with Crippen LogP contribution < -0.4 is 10.4 Å². The summed E-state index contributed by atoms with van der Waals surface area (Å²) < 4.78 is 0. The van der Waals surface area contributed by atoms with Gasteiger partial charge in [0.05, 0.1) is 0 Å². The van der Waals surface area contributed by atoms with Crippen LogP contribution in [0.3, 0.4) is 0 Å². The van der Waals surface area contributed by atoms with Crippen molar-refractivity contribution in [1.82, 2.24) is 0 Å². The zero-order chi connectivity index (χ0) is 13.8. The van der Waals surface area contributed by atoms with Gasteiger partial charge >= 0.3 is 0 Å². The average molecular weight is 278 g/mol. The summed E-state index contributed by atoms with van der Waals surface area (Å²) in [6.07, 6.45) is 5.44. The van der Waals surface area contributed by atoms with Gasteiger partial charge in [-0.3, -0.25) is 0 Å². The van der Waals surface area contributed by atoms with Crippen LogP contribution in [0.1, 0.15) is 36.8 Å². The van der Waals surface area contributed by atoms with Gasteiger partial charge in [-0.15, -0.1) is 0 Å². The predicted molar refractivity (Wildman–Crippen MR) is 88.9 cm³/mol. The Kier molecular flexibility index (Phi) is 2.53. The quantitative estimate of drug-likeness (QED) is 0.645. The highest BCUT2D eigenvalue weighted by atomic mass is 28.3. The van der Waals surface area contributed by atoms with Gasteiger partial charge in [0.15, 0.2) is 0 Å². The van der Waals surface area contributed by atoms with E-state index in [2.05, 4.69) is 61.6 Å². The Morgan fingerprint density at radius 3 is 1.70 bits per heavy atom. The van der Waals surface area contributed by atoms with Gasteiger partial charge in [0.2, 0.25) is 0 Å². The summed E-state index contributed by atoms with van der Waals surface area (Å²) in [6, 6.07) is 18.6. The van der Waals surface area contributed by atoms with Crippen LogP contribution in [0.4, 0.5) is 0 Å². The fourth-order valence-electron chi connectivity index (χ4n) is 4.70. The SMILES string of the molecule is C[Si]1(C)c2ccccc2C2(CCCC2)c2ccccc21. The zero-order valence-corrected chi connectivity index (χ0v) is 13.4. The van der Waals surface area contributed by atoms with Crippen LogP contribution >= 0.6 is 0 Å². The van der Waals surface area contributed by atoms with Crippen LogP contribution in [0.15, 0.2) is 48.5 Å². The molecule has 1 saturated carbocycles. The van der Waals surface area contributed by atoms with Crippen molar-refractivity contribution in [1.29, 1.82) is 0 Å². The van der Waals surface area contributed by atoms with E-state index in [1.54, 1.807) is 21.5 Å². The standard InChI is InChI=1S/C19H22Si/c1-20(2)17-11-5-3-9-15(17)19(13-7-8-14-19)16-10-4-6-12-18(16)20/h3-6,9-12H,7-8,13-14H2,1-2H3. The fourth-order valence-corrected chi connectivity index (χ4v) is 8.01. The molecule has 102 valence electrons. The summed E-state index contributed by atoms with van der Waals surface area (Å²) in [5, 5.41) is 3.36. The number of hydrogen-bond acceptors (Lipinski definition) is 0. The van der Waals surface area contributed by atoms with Gasteiger partial charge in [0.1, 0.15) is 8.07 Å². The van der Waals surface area contributed by atoms with E-state index in [9.17, 15) is 0 Å². The van der Waals surface area contributed by atoms with Crippen LogP contribution in [-0.4, -0.2) is 8.07 Å². The molecule has 0 saturated heterocycles. The normalized spacial score (nSPS) is 21.5. The number of hydrogen-bond donors (Lipinski definition) is 0. The highest BCUT2D eigenvalue weighted by Crippen LogP contribution is 2.47. The topological polar surface area (TPSA) is 0 Å². The summed E-state index contributed by atoms with van der Waals surface area (Å²) in [4.78, 5) is 0. The average Bonchev–Trinajstić information content (AvgIpc) is 2.97. The number of benzene rings is 2.